The number of rotatable bonds is 4. The van der Waals surface area contributed by atoms with Gasteiger partial charge in [0.05, 0.1) is 6.07 Å². The van der Waals surface area contributed by atoms with E-state index in [9.17, 15) is 4.39 Å². The van der Waals surface area contributed by atoms with Crippen LogP contribution in [0.1, 0.15) is 24.9 Å². The van der Waals surface area contributed by atoms with E-state index in [1.54, 1.807) is 6.07 Å². The summed E-state index contributed by atoms with van der Waals surface area (Å²) in [5.74, 6) is -0.447. The lowest BCUT2D eigenvalue weighted by molar-refractivity contribution is 0.560. The van der Waals surface area contributed by atoms with Gasteiger partial charge in [-0.3, -0.25) is 5.32 Å². The number of nitriles is 1. The summed E-state index contributed by atoms with van der Waals surface area (Å²) in [5, 5.41) is 12.2. The minimum atomic E-state index is -0.609. The van der Waals surface area contributed by atoms with Crippen LogP contribution in [0.5, 0.6) is 0 Å². The van der Waals surface area contributed by atoms with Crippen molar-refractivity contribution >= 4 is 11.6 Å². The van der Waals surface area contributed by atoms with Gasteiger partial charge in [-0.25, -0.2) is 4.39 Å². The van der Waals surface area contributed by atoms with E-state index >= 15 is 0 Å². The SMILES string of the molecule is CCCNC(C#N)c1ccc(Cl)cc1F. The summed E-state index contributed by atoms with van der Waals surface area (Å²) in [4.78, 5) is 0. The summed E-state index contributed by atoms with van der Waals surface area (Å²) in [5.41, 5.74) is 0.343. The highest BCUT2D eigenvalue weighted by Crippen LogP contribution is 2.20. The Morgan fingerprint density at radius 2 is 2.33 bits per heavy atom. The molecule has 0 aliphatic carbocycles. The van der Waals surface area contributed by atoms with Gasteiger partial charge in [0, 0.05) is 10.6 Å². The molecule has 0 spiro atoms. The Bertz CT molecular complexity index is 373. The summed E-state index contributed by atoms with van der Waals surface area (Å²) < 4.78 is 13.4. The Kier molecular flexibility index (Phi) is 4.54. The standard InChI is InChI=1S/C11H12ClFN2/c1-2-5-15-11(7-14)9-4-3-8(12)6-10(9)13/h3-4,6,11,15H,2,5H2,1H3. The van der Waals surface area contributed by atoms with Crippen LogP contribution in [0.15, 0.2) is 18.2 Å². The molecule has 1 aromatic carbocycles. The first kappa shape index (κ1) is 12.0. The first-order valence-electron chi connectivity index (χ1n) is 4.77. The van der Waals surface area contributed by atoms with Crippen molar-refractivity contribution in [2.45, 2.75) is 19.4 Å². The largest absolute Gasteiger partial charge is 0.298 e. The van der Waals surface area contributed by atoms with Crippen molar-refractivity contribution in [3.05, 3.63) is 34.6 Å². The van der Waals surface area contributed by atoms with Crippen molar-refractivity contribution in [1.29, 1.82) is 5.26 Å². The maximum absolute atomic E-state index is 13.4. The summed E-state index contributed by atoms with van der Waals surface area (Å²) in [6, 6.07) is 5.74. The van der Waals surface area contributed by atoms with E-state index in [0.717, 1.165) is 6.42 Å². The smallest absolute Gasteiger partial charge is 0.130 e. The molecule has 1 atom stereocenters. The average Bonchev–Trinajstić information content (AvgIpc) is 2.21. The molecule has 1 aromatic rings. The lowest BCUT2D eigenvalue weighted by Gasteiger charge is -2.11. The van der Waals surface area contributed by atoms with Crippen LogP contribution in [0.25, 0.3) is 0 Å². The van der Waals surface area contributed by atoms with Crippen molar-refractivity contribution in [3.8, 4) is 6.07 Å². The Hall–Kier alpha value is -1.11. The molecule has 0 bridgehead atoms. The third-order valence-electron chi connectivity index (χ3n) is 2.00. The third kappa shape index (κ3) is 3.19. The van der Waals surface area contributed by atoms with Gasteiger partial charge in [-0.2, -0.15) is 5.26 Å². The number of hydrogen-bond donors (Lipinski definition) is 1. The van der Waals surface area contributed by atoms with Gasteiger partial charge in [0.2, 0.25) is 0 Å². The third-order valence-corrected chi connectivity index (χ3v) is 2.24. The van der Waals surface area contributed by atoms with E-state index in [-0.39, 0.29) is 0 Å². The van der Waals surface area contributed by atoms with Gasteiger partial charge in [-0.05, 0) is 25.1 Å². The first-order chi connectivity index (χ1) is 7.19. The molecule has 1 N–H and O–H groups in total. The van der Waals surface area contributed by atoms with E-state index in [4.69, 9.17) is 16.9 Å². The predicted molar refractivity (Wildman–Crippen MR) is 58.1 cm³/mol. The highest BCUT2D eigenvalue weighted by molar-refractivity contribution is 6.30. The summed E-state index contributed by atoms with van der Waals surface area (Å²) in [7, 11) is 0. The molecule has 0 radical (unpaired) electrons. The Balaban J connectivity index is 2.88. The molecular formula is C11H12ClFN2. The van der Waals surface area contributed by atoms with Crippen LogP contribution >= 0.6 is 11.6 Å². The Morgan fingerprint density at radius 3 is 2.87 bits per heavy atom. The molecule has 4 heteroatoms. The molecule has 1 unspecified atom stereocenters. The molecule has 1 rings (SSSR count). The topological polar surface area (TPSA) is 35.8 Å². The van der Waals surface area contributed by atoms with Crippen molar-refractivity contribution in [2.75, 3.05) is 6.54 Å². The van der Waals surface area contributed by atoms with Gasteiger partial charge in [0.1, 0.15) is 11.9 Å². The molecule has 2 nitrogen and oxygen atoms in total. The molecule has 15 heavy (non-hydrogen) atoms. The second-order valence-electron chi connectivity index (χ2n) is 3.18. The zero-order chi connectivity index (χ0) is 11.3. The molecule has 0 aromatic heterocycles. The summed E-state index contributed by atoms with van der Waals surface area (Å²) >= 11 is 5.63. The van der Waals surface area contributed by atoms with Gasteiger partial charge in [-0.1, -0.05) is 24.6 Å². The molecule has 0 heterocycles. The van der Waals surface area contributed by atoms with Crippen LogP contribution in [0.4, 0.5) is 4.39 Å². The predicted octanol–water partition coefficient (Wildman–Crippen LogP) is 3.04. The monoisotopic (exact) mass is 226 g/mol. The fraction of sp³-hybridized carbons (Fsp3) is 0.364. The summed E-state index contributed by atoms with van der Waals surface area (Å²) in [6.45, 7) is 2.67. The average molecular weight is 227 g/mol. The van der Waals surface area contributed by atoms with E-state index in [2.05, 4.69) is 5.32 Å². The van der Waals surface area contributed by atoms with Crippen molar-refractivity contribution in [3.63, 3.8) is 0 Å². The van der Waals surface area contributed by atoms with Crippen LogP contribution in [0, 0.1) is 17.1 Å². The van der Waals surface area contributed by atoms with Crippen molar-refractivity contribution in [2.24, 2.45) is 0 Å². The number of benzene rings is 1. The maximum atomic E-state index is 13.4. The van der Waals surface area contributed by atoms with Gasteiger partial charge < -0.3 is 0 Å². The molecule has 0 aliphatic rings. The number of halogens is 2. The van der Waals surface area contributed by atoms with Gasteiger partial charge in [0.15, 0.2) is 0 Å². The maximum Gasteiger partial charge on any atom is 0.130 e. The second-order valence-corrected chi connectivity index (χ2v) is 3.62. The second kappa shape index (κ2) is 5.69. The molecule has 0 aliphatic heterocycles. The summed E-state index contributed by atoms with van der Waals surface area (Å²) in [6.07, 6.45) is 0.896. The lowest BCUT2D eigenvalue weighted by atomic mass is 10.1. The van der Waals surface area contributed by atoms with Crippen LogP contribution in [-0.4, -0.2) is 6.54 Å². The van der Waals surface area contributed by atoms with Gasteiger partial charge >= 0.3 is 0 Å². The molecular weight excluding hydrogens is 215 g/mol. The van der Waals surface area contributed by atoms with Crippen LogP contribution in [0.2, 0.25) is 5.02 Å². The number of nitrogens with one attached hydrogen (secondary N) is 1. The van der Waals surface area contributed by atoms with Crippen LogP contribution in [-0.2, 0) is 0 Å². The zero-order valence-corrected chi connectivity index (χ0v) is 9.18. The van der Waals surface area contributed by atoms with E-state index in [1.807, 2.05) is 13.0 Å². The molecule has 0 saturated heterocycles. The molecule has 0 fully saturated rings. The van der Waals surface area contributed by atoms with Gasteiger partial charge in [-0.15, -0.1) is 0 Å². The fourth-order valence-corrected chi connectivity index (χ4v) is 1.41. The van der Waals surface area contributed by atoms with Crippen LogP contribution in [0.3, 0.4) is 0 Å². The molecule has 0 saturated carbocycles. The van der Waals surface area contributed by atoms with Gasteiger partial charge in [0.25, 0.3) is 0 Å². The van der Waals surface area contributed by atoms with Crippen LogP contribution < -0.4 is 5.32 Å². The highest BCUT2D eigenvalue weighted by atomic mass is 35.5. The van der Waals surface area contributed by atoms with Crippen molar-refractivity contribution in [1.82, 2.24) is 5.32 Å². The first-order valence-corrected chi connectivity index (χ1v) is 5.14. The Labute approximate surface area is 93.7 Å². The Morgan fingerprint density at radius 1 is 1.60 bits per heavy atom. The number of hydrogen-bond acceptors (Lipinski definition) is 2. The van der Waals surface area contributed by atoms with Crippen molar-refractivity contribution < 1.29 is 4.39 Å². The zero-order valence-electron chi connectivity index (χ0n) is 8.43. The minimum absolute atomic E-state index is 0.337. The van der Waals surface area contributed by atoms with E-state index < -0.39 is 11.9 Å². The highest BCUT2D eigenvalue weighted by Gasteiger charge is 2.14. The van der Waals surface area contributed by atoms with E-state index in [0.29, 0.717) is 17.1 Å². The minimum Gasteiger partial charge on any atom is -0.298 e. The quantitative estimate of drug-likeness (QED) is 0.857. The lowest BCUT2D eigenvalue weighted by Crippen LogP contribution is -2.21. The van der Waals surface area contributed by atoms with E-state index in [1.165, 1.54) is 12.1 Å². The molecule has 0 amide bonds. The molecule has 80 valence electrons. The normalized spacial score (nSPS) is 12.1. The fourth-order valence-electron chi connectivity index (χ4n) is 1.25. The number of nitrogens with zero attached hydrogens (tertiary/aromatic N) is 1.